The summed E-state index contributed by atoms with van der Waals surface area (Å²) in [5.74, 6) is 2.55. The highest BCUT2D eigenvalue weighted by molar-refractivity contribution is 6.34. The van der Waals surface area contributed by atoms with Crippen molar-refractivity contribution in [3.05, 3.63) is 183 Å². The predicted molar refractivity (Wildman–Crippen MR) is 275 cm³/mol. The summed E-state index contributed by atoms with van der Waals surface area (Å²) in [6.07, 6.45) is -3.25. The van der Waals surface area contributed by atoms with Gasteiger partial charge in [0.05, 0.1) is 56.3 Å². The summed E-state index contributed by atoms with van der Waals surface area (Å²) in [5.41, 5.74) is 1.44. The fourth-order valence-electron chi connectivity index (χ4n) is 8.62. The van der Waals surface area contributed by atoms with Crippen LogP contribution < -0.4 is 33.6 Å². The van der Waals surface area contributed by atoms with E-state index in [-0.39, 0.29) is 51.5 Å². The molecule has 0 radical (unpaired) electrons. The van der Waals surface area contributed by atoms with Crippen LogP contribution in [0.2, 0.25) is 10.3 Å². The first kappa shape index (κ1) is 51.0. The molecule has 0 unspecified atom stereocenters. The van der Waals surface area contributed by atoms with E-state index in [1.54, 1.807) is 70.8 Å². The van der Waals surface area contributed by atoms with E-state index < -0.39 is 34.9 Å². The van der Waals surface area contributed by atoms with Crippen molar-refractivity contribution in [3.8, 4) is 34.3 Å². The van der Waals surface area contributed by atoms with Gasteiger partial charge in [-0.05, 0) is 120 Å². The van der Waals surface area contributed by atoms with Gasteiger partial charge in [0.2, 0.25) is 5.28 Å². The lowest BCUT2D eigenvalue weighted by atomic mass is 9.98. The average molecular weight is 1020 g/mol. The third-order valence-electron chi connectivity index (χ3n) is 12.5. The van der Waals surface area contributed by atoms with Gasteiger partial charge >= 0.3 is 6.18 Å². The van der Waals surface area contributed by atoms with Gasteiger partial charge in [0.1, 0.15) is 46.0 Å². The van der Waals surface area contributed by atoms with Gasteiger partial charge in [-0.3, -0.25) is 0 Å². The summed E-state index contributed by atoms with van der Waals surface area (Å²) in [4.78, 5) is 24.1. The van der Waals surface area contributed by atoms with Gasteiger partial charge < -0.3 is 33.6 Å². The first-order chi connectivity index (χ1) is 34.6. The van der Waals surface area contributed by atoms with Crippen molar-refractivity contribution in [1.82, 2.24) is 19.9 Å². The average Bonchev–Trinajstić information content (AvgIpc) is 3.38. The molecule has 0 aliphatic rings. The molecule has 0 bridgehead atoms. The minimum atomic E-state index is -4.97. The van der Waals surface area contributed by atoms with Crippen molar-refractivity contribution in [2.75, 3.05) is 50.2 Å². The van der Waals surface area contributed by atoms with Gasteiger partial charge in [0.25, 0.3) is 0 Å². The highest BCUT2D eigenvalue weighted by Crippen LogP contribution is 2.46. The zero-order chi connectivity index (χ0) is 51.3. The van der Waals surface area contributed by atoms with Crippen LogP contribution in [0, 0.1) is 12.7 Å². The molecule has 0 amide bonds. The number of anilines is 3. The van der Waals surface area contributed by atoms with Crippen LogP contribution in [-0.2, 0) is 32.4 Å². The van der Waals surface area contributed by atoms with Gasteiger partial charge in [-0.1, -0.05) is 66.2 Å². The van der Waals surface area contributed by atoms with Crippen LogP contribution in [0.3, 0.4) is 0 Å². The summed E-state index contributed by atoms with van der Waals surface area (Å²) in [5, 5.41) is -0.567. The van der Waals surface area contributed by atoms with E-state index in [1.165, 1.54) is 19.1 Å². The van der Waals surface area contributed by atoms with Gasteiger partial charge in [-0.2, -0.15) is 18.2 Å². The van der Waals surface area contributed by atoms with Crippen LogP contribution in [0.1, 0.15) is 51.9 Å². The molecule has 1 atom stereocenters. The number of hydrogen-bond donors (Lipinski definition) is 0. The number of benzene rings is 5. The van der Waals surface area contributed by atoms with Crippen molar-refractivity contribution in [1.29, 1.82) is 0 Å². The Kier molecular flexibility index (Phi) is 15.6. The monoisotopic (exact) mass is 1020 g/mol. The fraction of sp³-hybridized carbons (Fsp3) is 0.236. The van der Waals surface area contributed by atoms with E-state index in [4.69, 9.17) is 47.1 Å². The van der Waals surface area contributed by atoms with Crippen molar-refractivity contribution in [2.24, 2.45) is 0 Å². The number of halogens is 6. The number of rotatable bonds is 18. The Morgan fingerprint density at radius 1 is 0.611 bits per heavy atom. The molecular weight excluding hydrogens is 970 g/mol. The minimum absolute atomic E-state index is 0.112. The van der Waals surface area contributed by atoms with E-state index in [1.807, 2.05) is 96.8 Å². The largest absolute Gasteiger partial charge is 0.497 e. The van der Waals surface area contributed by atoms with Gasteiger partial charge in [-0.15, -0.1) is 0 Å². The predicted octanol–water partition coefficient (Wildman–Crippen LogP) is 13.5. The molecule has 0 N–H and O–H groups in total. The van der Waals surface area contributed by atoms with Crippen molar-refractivity contribution in [2.45, 2.75) is 52.2 Å². The standard InChI is InChI=1S/C55H51Cl2F4N7O4/c1-33-27-46(67(29-35-10-18-39(69-4)19-11-35)30-36-12-20-40(70-5)21-13-36)63-51(48(33)55(59,60)61)47-45(56)28-44-50(49(47)58)64-54(57)65-53(44)66(3)34(2)43-9-8-26-62-52(43)68(31-37-14-22-41(71-6)23-15-37)32-38-16-24-42(72-7)25-17-38/h8-28,34H,29-32H2,1-7H3/t34-/m1/s1. The number of ether oxygens (including phenoxy) is 4. The number of pyridine rings is 2. The molecule has 5 aromatic carbocycles. The Labute approximate surface area is 425 Å². The summed E-state index contributed by atoms with van der Waals surface area (Å²) in [7, 11) is 8.10. The number of nitrogens with zero attached hydrogens (tertiary/aromatic N) is 7. The lowest BCUT2D eigenvalue weighted by molar-refractivity contribution is -0.137. The van der Waals surface area contributed by atoms with E-state index in [9.17, 15) is 0 Å². The molecule has 17 heteroatoms. The number of alkyl halides is 3. The number of aromatic nitrogens is 4. The van der Waals surface area contributed by atoms with Crippen LogP contribution in [0.4, 0.5) is 35.0 Å². The molecule has 3 aromatic heterocycles. The lowest BCUT2D eigenvalue weighted by Crippen LogP contribution is -2.29. The molecule has 0 saturated carbocycles. The van der Waals surface area contributed by atoms with Crippen LogP contribution in [0.25, 0.3) is 22.2 Å². The van der Waals surface area contributed by atoms with Crippen LogP contribution >= 0.6 is 23.2 Å². The van der Waals surface area contributed by atoms with E-state index in [2.05, 4.69) is 19.9 Å². The molecule has 0 aliphatic carbocycles. The minimum Gasteiger partial charge on any atom is -0.497 e. The highest BCUT2D eigenvalue weighted by Gasteiger charge is 2.39. The topological polar surface area (TPSA) is 98.2 Å². The highest BCUT2D eigenvalue weighted by atomic mass is 35.5. The SMILES string of the molecule is COc1ccc(CN(Cc2ccc(OC)cc2)c2cc(C)c(C(F)(F)F)c(-c3c(Cl)cc4c(N(C)[C@H](C)c5cccnc5N(Cc5ccc(OC)cc5)Cc5ccc(OC)cc5)nc(Cl)nc4c3F)n2)cc1. The summed E-state index contributed by atoms with van der Waals surface area (Å²) in [6.45, 7) is 4.63. The molecular formula is C55H51Cl2F4N7O4. The molecule has 11 nitrogen and oxygen atoms in total. The van der Waals surface area contributed by atoms with Crippen LogP contribution in [-0.4, -0.2) is 55.4 Å². The number of hydrogen-bond acceptors (Lipinski definition) is 11. The molecule has 72 heavy (non-hydrogen) atoms. The fourth-order valence-corrected chi connectivity index (χ4v) is 9.06. The Morgan fingerprint density at radius 3 is 1.51 bits per heavy atom. The molecule has 8 aromatic rings. The molecule has 372 valence electrons. The molecule has 3 heterocycles. The van der Waals surface area contributed by atoms with Gasteiger partial charge in [0, 0.05) is 50.4 Å². The second kappa shape index (κ2) is 22.0. The van der Waals surface area contributed by atoms with E-state index >= 15 is 17.6 Å². The normalized spacial score (nSPS) is 11.8. The lowest BCUT2D eigenvalue weighted by Gasteiger charge is -2.32. The second-order valence-electron chi connectivity index (χ2n) is 17.1. The first-order valence-electron chi connectivity index (χ1n) is 22.7. The Bertz CT molecular complexity index is 3070. The summed E-state index contributed by atoms with van der Waals surface area (Å²) >= 11 is 13.6. The molecule has 8 rings (SSSR count). The Balaban J connectivity index is 1.21. The van der Waals surface area contributed by atoms with Crippen molar-refractivity contribution < 1.29 is 36.5 Å². The second-order valence-corrected chi connectivity index (χ2v) is 17.8. The zero-order valence-electron chi connectivity index (χ0n) is 40.6. The Hall–Kier alpha value is -7.36. The zero-order valence-corrected chi connectivity index (χ0v) is 42.1. The number of methoxy groups -OCH3 is 4. The van der Waals surface area contributed by atoms with Crippen molar-refractivity contribution >= 4 is 51.6 Å². The maximum absolute atomic E-state index is 17.6. The molecule has 0 fully saturated rings. The number of aryl methyl sites for hydroxylation is 1. The van der Waals surface area contributed by atoms with E-state index in [0.29, 0.717) is 30.4 Å². The van der Waals surface area contributed by atoms with E-state index in [0.717, 1.165) is 39.3 Å². The third kappa shape index (κ3) is 11.2. The first-order valence-corrected chi connectivity index (χ1v) is 23.5. The molecule has 0 aliphatic heterocycles. The summed E-state index contributed by atoms with van der Waals surface area (Å²) < 4.78 is 85.0. The smallest absolute Gasteiger partial charge is 0.418 e. The van der Waals surface area contributed by atoms with Gasteiger partial charge in [-0.25, -0.2) is 19.3 Å². The Morgan fingerprint density at radius 2 is 1.07 bits per heavy atom. The maximum atomic E-state index is 17.6. The maximum Gasteiger partial charge on any atom is 0.418 e. The third-order valence-corrected chi connectivity index (χ3v) is 13.0. The molecule has 0 saturated heterocycles. The van der Waals surface area contributed by atoms with Crippen LogP contribution in [0.15, 0.2) is 128 Å². The number of fused-ring (bicyclic) bond motifs is 1. The van der Waals surface area contributed by atoms with Crippen molar-refractivity contribution in [3.63, 3.8) is 0 Å². The quantitative estimate of drug-likeness (QED) is 0.0607. The van der Waals surface area contributed by atoms with Gasteiger partial charge in [0.15, 0.2) is 5.82 Å². The molecule has 0 spiro atoms. The van der Waals surface area contributed by atoms with Crippen LogP contribution in [0.5, 0.6) is 23.0 Å². The summed E-state index contributed by atoms with van der Waals surface area (Å²) in [6, 6.07) is 36.1.